The van der Waals surface area contributed by atoms with Crippen molar-refractivity contribution in [2.24, 2.45) is 0 Å². The molecule has 112 valence electrons. The first-order chi connectivity index (χ1) is 10.2. The minimum absolute atomic E-state index is 0.0387. The molecular formula is C16H19ClN2O2. The number of nitrogens with zero attached hydrogens (tertiary/aromatic N) is 2. The molecule has 0 aliphatic carbocycles. The fraction of sp³-hybridized carbons (Fsp3) is 0.438. The van der Waals surface area contributed by atoms with Crippen LogP contribution in [0.2, 0.25) is 5.02 Å². The number of carbonyl (C=O) groups excluding carboxylic acids is 1. The number of amides is 1. The van der Waals surface area contributed by atoms with Crippen LogP contribution in [0.1, 0.15) is 24.8 Å². The van der Waals surface area contributed by atoms with Crippen LogP contribution in [0.5, 0.6) is 0 Å². The number of rotatable bonds is 3. The first-order valence-corrected chi connectivity index (χ1v) is 7.73. The number of halogens is 1. The minimum Gasteiger partial charge on any atom is -0.392 e. The van der Waals surface area contributed by atoms with Crippen LogP contribution in [0, 0.1) is 0 Å². The fourth-order valence-corrected chi connectivity index (χ4v) is 3.15. The molecule has 1 N–H and O–H groups in total. The summed E-state index contributed by atoms with van der Waals surface area (Å²) in [5.74, 6) is 0.135. The number of hydrogen-bond acceptors (Lipinski definition) is 2. The molecule has 1 amide bonds. The molecule has 2 aromatic rings. The quantitative estimate of drug-likeness (QED) is 0.948. The predicted molar refractivity (Wildman–Crippen MR) is 83.3 cm³/mol. The van der Waals surface area contributed by atoms with Gasteiger partial charge < -0.3 is 14.6 Å². The number of aliphatic hydroxyl groups excluding tert-OH is 1. The molecule has 0 atom stereocenters. The van der Waals surface area contributed by atoms with Gasteiger partial charge in [-0.25, -0.2) is 0 Å². The molecule has 2 heterocycles. The molecule has 3 rings (SSSR count). The summed E-state index contributed by atoms with van der Waals surface area (Å²) < 4.78 is 1.89. The lowest BCUT2D eigenvalue weighted by Gasteiger charge is -2.27. The van der Waals surface area contributed by atoms with E-state index in [1.807, 2.05) is 27.8 Å². The molecule has 1 aliphatic heterocycles. The molecular weight excluding hydrogens is 288 g/mol. The Morgan fingerprint density at radius 2 is 2.00 bits per heavy atom. The summed E-state index contributed by atoms with van der Waals surface area (Å²) in [6.07, 6.45) is 5.24. The second-order valence-corrected chi connectivity index (χ2v) is 5.98. The monoisotopic (exact) mass is 306 g/mol. The molecule has 21 heavy (non-hydrogen) atoms. The molecule has 0 bridgehead atoms. The van der Waals surface area contributed by atoms with Crippen molar-refractivity contribution in [3.8, 4) is 0 Å². The van der Waals surface area contributed by atoms with E-state index in [0.29, 0.717) is 11.6 Å². The zero-order chi connectivity index (χ0) is 14.8. The Morgan fingerprint density at radius 1 is 1.24 bits per heavy atom. The van der Waals surface area contributed by atoms with Crippen LogP contribution in [-0.2, 0) is 17.9 Å². The van der Waals surface area contributed by atoms with E-state index in [0.717, 1.165) is 42.4 Å². The zero-order valence-electron chi connectivity index (χ0n) is 11.9. The maximum atomic E-state index is 12.4. The summed E-state index contributed by atoms with van der Waals surface area (Å²) >= 11 is 6.06. The van der Waals surface area contributed by atoms with Crippen LogP contribution < -0.4 is 0 Å². The van der Waals surface area contributed by atoms with Gasteiger partial charge in [-0.15, -0.1) is 0 Å². The Kier molecular flexibility index (Phi) is 4.17. The van der Waals surface area contributed by atoms with Crippen LogP contribution in [0.3, 0.4) is 0 Å². The molecule has 1 saturated heterocycles. The summed E-state index contributed by atoms with van der Waals surface area (Å²) in [5.41, 5.74) is 1.73. The topological polar surface area (TPSA) is 45.5 Å². The molecule has 1 fully saturated rings. The fourth-order valence-electron chi connectivity index (χ4n) is 2.99. The number of fused-ring (bicyclic) bond motifs is 1. The van der Waals surface area contributed by atoms with Crippen molar-refractivity contribution >= 4 is 28.4 Å². The summed E-state index contributed by atoms with van der Waals surface area (Å²) in [6.45, 7) is 1.97. The average Bonchev–Trinajstić information content (AvgIpc) is 2.85. The van der Waals surface area contributed by atoms with Gasteiger partial charge in [0.15, 0.2) is 0 Å². The van der Waals surface area contributed by atoms with Crippen LogP contribution in [-0.4, -0.2) is 33.6 Å². The SMILES string of the molecule is O=C(Cn1cc(CO)c2ccc(Cl)cc21)N1CCCCC1. The third kappa shape index (κ3) is 2.92. The number of benzene rings is 1. The molecule has 0 unspecified atom stereocenters. The van der Waals surface area contributed by atoms with E-state index < -0.39 is 0 Å². The smallest absolute Gasteiger partial charge is 0.242 e. The van der Waals surface area contributed by atoms with E-state index in [-0.39, 0.29) is 12.5 Å². The van der Waals surface area contributed by atoms with Crippen LogP contribution >= 0.6 is 11.6 Å². The maximum Gasteiger partial charge on any atom is 0.242 e. The maximum absolute atomic E-state index is 12.4. The van der Waals surface area contributed by atoms with Gasteiger partial charge in [-0.3, -0.25) is 4.79 Å². The van der Waals surface area contributed by atoms with Crippen LogP contribution in [0.15, 0.2) is 24.4 Å². The number of piperidine rings is 1. The van der Waals surface area contributed by atoms with Crippen molar-refractivity contribution in [3.63, 3.8) is 0 Å². The minimum atomic E-state index is -0.0387. The van der Waals surface area contributed by atoms with Crippen molar-refractivity contribution in [2.75, 3.05) is 13.1 Å². The molecule has 1 aromatic heterocycles. The van der Waals surface area contributed by atoms with E-state index in [4.69, 9.17) is 11.6 Å². The highest BCUT2D eigenvalue weighted by molar-refractivity contribution is 6.31. The van der Waals surface area contributed by atoms with Gasteiger partial charge in [0.05, 0.1) is 12.1 Å². The summed E-state index contributed by atoms with van der Waals surface area (Å²) in [6, 6.07) is 5.55. The lowest BCUT2D eigenvalue weighted by Crippen LogP contribution is -2.37. The van der Waals surface area contributed by atoms with Crippen LogP contribution in [0.25, 0.3) is 10.9 Å². The zero-order valence-corrected chi connectivity index (χ0v) is 12.6. The van der Waals surface area contributed by atoms with E-state index >= 15 is 0 Å². The average molecular weight is 307 g/mol. The van der Waals surface area contributed by atoms with Crippen molar-refractivity contribution in [3.05, 3.63) is 35.0 Å². The standard InChI is InChI=1S/C16H19ClN2O2/c17-13-4-5-14-12(11-20)9-19(15(14)8-13)10-16(21)18-6-2-1-3-7-18/h4-5,8-9,20H,1-3,6-7,10-11H2. The van der Waals surface area contributed by atoms with Crippen molar-refractivity contribution < 1.29 is 9.90 Å². The first-order valence-electron chi connectivity index (χ1n) is 7.35. The molecule has 5 heteroatoms. The van der Waals surface area contributed by atoms with E-state index in [2.05, 4.69) is 0 Å². The van der Waals surface area contributed by atoms with Crippen molar-refractivity contribution in [1.82, 2.24) is 9.47 Å². The Labute approximate surface area is 128 Å². The lowest BCUT2D eigenvalue weighted by molar-refractivity contribution is -0.132. The highest BCUT2D eigenvalue weighted by Gasteiger charge is 2.18. The van der Waals surface area contributed by atoms with Crippen molar-refractivity contribution in [2.45, 2.75) is 32.4 Å². The van der Waals surface area contributed by atoms with Gasteiger partial charge in [0.25, 0.3) is 0 Å². The van der Waals surface area contributed by atoms with Gasteiger partial charge in [0, 0.05) is 35.3 Å². The van der Waals surface area contributed by atoms with E-state index in [9.17, 15) is 9.90 Å². The molecule has 1 aromatic carbocycles. The molecule has 0 saturated carbocycles. The highest BCUT2D eigenvalue weighted by Crippen LogP contribution is 2.25. The second-order valence-electron chi connectivity index (χ2n) is 5.54. The third-order valence-corrected chi connectivity index (χ3v) is 4.35. The lowest BCUT2D eigenvalue weighted by atomic mass is 10.1. The number of aromatic nitrogens is 1. The second kappa shape index (κ2) is 6.08. The number of carbonyl (C=O) groups is 1. The van der Waals surface area contributed by atoms with Gasteiger partial charge in [-0.05, 0) is 31.4 Å². The molecule has 1 aliphatic rings. The van der Waals surface area contributed by atoms with Crippen molar-refractivity contribution in [1.29, 1.82) is 0 Å². The van der Waals surface area contributed by atoms with Gasteiger partial charge in [0.2, 0.25) is 5.91 Å². The first kappa shape index (κ1) is 14.4. The summed E-state index contributed by atoms with van der Waals surface area (Å²) in [4.78, 5) is 14.3. The van der Waals surface area contributed by atoms with E-state index in [1.165, 1.54) is 6.42 Å². The Balaban J connectivity index is 1.89. The predicted octanol–water partition coefficient (Wildman–Crippen LogP) is 2.80. The molecule has 4 nitrogen and oxygen atoms in total. The number of hydrogen-bond donors (Lipinski definition) is 1. The summed E-state index contributed by atoms with van der Waals surface area (Å²) in [5, 5.41) is 11.0. The normalized spacial score (nSPS) is 15.6. The largest absolute Gasteiger partial charge is 0.392 e. The third-order valence-electron chi connectivity index (χ3n) is 4.11. The Hall–Kier alpha value is -1.52. The Morgan fingerprint density at radius 3 is 2.71 bits per heavy atom. The number of likely N-dealkylation sites (tertiary alicyclic amines) is 1. The Bertz CT molecular complexity index is 660. The van der Waals surface area contributed by atoms with E-state index in [1.54, 1.807) is 6.07 Å². The molecule has 0 radical (unpaired) electrons. The van der Waals surface area contributed by atoms with Gasteiger partial charge in [-0.2, -0.15) is 0 Å². The van der Waals surface area contributed by atoms with Gasteiger partial charge >= 0.3 is 0 Å². The van der Waals surface area contributed by atoms with Crippen LogP contribution in [0.4, 0.5) is 0 Å². The molecule has 0 spiro atoms. The summed E-state index contributed by atoms with van der Waals surface area (Å²) in [7, 11) is 0. The highest BCUT2D eigenvalue weighted by atomic mass is 35.5. The van der Waals surface area contributed by atoms with Gasteiger partial charge in [-0.1, -0.05) is 17.7 Å². The number of aliphatic hydroxyl groups is 1. The van der Waals surface area contributed by atoms with Gasteiger partial charge in [0.1, 0.15) is 6.54 Å².